The Hall–Kier alpha value is -1.12. The fraction of sp³-hybridized carbons (Fsp3) is 0.455. The van der Waals surface area contributed by atoms with Crippen LogP contribution >= 0.6 is 0 Å². The predicted molar refractivity (Wildman–Crippen MR) is 62.9 cm³/mol. The Morgan fingerprint density at radius 3 is 2.21 bits per heavy atom. The van der Waals surface area contributed by atoms with E-state index >= 15 is 0 Å². The second-order valence-corrected chi connectivity index (χ2v) is 5.70. The lowest BCUT2D eigenvalue weighted by Crippen LogP contribution is -2.31. The van der Waals surface area contributed by atoms with Crippen molar-refractivity contribution in [3.05, 3.63) is 29.8 Å². The number of hydrogen-bond acceptors (Lipinski definition) is 3. The van der Waals surface area contributed by atoms with Crippen LogP contribution in [0.4, 0.5) is 13.2 Å². The first-order valence-corrected chi connectivity index (χ1v) is 7.00. The monoisotopic (exact) mass is 297 g/mol. The minimum Gasteiger partial charge on any atom is -0.392 e. The molecule has 1 aromatic carbocycles. The summed E-state index contributed by atoms with van der Waals surface area (Å²) < 4.78 is 62.5. The molecule has 8 heteroatoms. The second kappa shape index (κ2) is 5.89. The summed E-state index contributed by atoms with van der Waals surface area (Å²) in [7, 11) is -3.91. The molecule has 1 rings (SSSR count). The molecule has 2 N–H and O–H groups in total. The zero-order valence-corrected chi connectivity index (χ0v) is 10.9. The van der Waals surface area contributed by atoms with Crippen LogP contribution in [0.1, 0.15) is 18.9 Å². The van der Waals surface area contributed by atoms with Crippen molar-refractivity contribution in [2.75, 3.05) is 6.54 Å². The number of halogens is 3. The standard InChI is InChI=1S/C11H14F3NO3S/c1-2-9(16)7-15-19(17,18)10-5-3-8(4-6-10)11(12,13)14/h3-6,9,15-16H,2,7H2,1H3. The highest BCUT2D eigenvalue weighted by molar-refractivity contribution is 7.89. The summed E-state index contributed by atoms with van der Waals surface area (Å²) in [5, 5.41) is 9.24. The number of hydrogen-bond donors (Lipinski definition) is 2. The van der Waals surface area contributed by atoms with Crippen molar-refractivity contribution in [2.45, 2.75) is 30.5 Å². The molecule has 0 aliphatic heterocycles. The number of rotatable bonds is 5. The van der Waals surface area contributed by atoms with Gasteiger partial charge in [-0.2, -0.15) is 13.2 Å². The fourth-order valence-corrected chi connectivity index (χ4v) is 2.33. The van der Waals surface area contributed by atoms with E-state index in [1.807, 2.05) is 0 Å². The van der Waals surface area contributed by atoms with Gasteiger partial charge >= 0.3 is 6.18 Å². The van der Waals surface area contributed by atoms with E-state index in [2.05, 4.69) is 4.72 Å². The minimum absolute atomic E-state index is 0.181. The van der Waals surface area contributed by atoms with Gasteiger partial charge < -0.3 is 5.11 Å². The van der Waals surface area contributed by atoms with Crippen molar-refractivity contribution >= 4 is 10.0 Å². The van der Waals surface area contributed by atoms with Gasteiger partial charge in [0.05, 0.1) is 16.6 Å². The maximum Gasteiger partial charge on any atom is 0.416 e. The van der Waals surface area contributed by atoms with Crippen LogP contribution in [0, 0.1) is 0 Å². The van der Waals surface area contributed by atoms with E-state index in [1.165, 1.54) is 0 Å². The van der Waals surface area contributed by atoms with Crippen molar-refractivity contribution in [1.82, 2.24) is 4.72 Å². The third-order valence-corrected chi connectivity index (χ3v) is 3.91. The minimum atomic E-state index is -4.51. The molecule has 1 aromatic rings. The van der Waals surface area contributed by atoms with Crippen LogP contribution in [-0.4, -0.2) is 26.2 Å². The summed E-state index contributed by atoms with van der Waals surface area (Å²) >= 11 is 0. The molecule has 0 amide bonds. The quantitative estimate of drug-likeness (QED) is 0.870. The largest absolute Gasteiger partial charge is 0.416 e. The first-order chi connectivity index (χ1) is 8.66. The SMILES string of the molecule is CCC(O)CNS(=O)(=O)c1ccc(C(F)(F)F)cc1. The number of nitrogens with one attached hydrogen (secondary N) is 1. The molecular formula is C11H14F3NO3S. The Balaban J connectivity index is 2.85. The molecule has 0 heterocycles. The van der Waals surface area contributed by atoms with Crippen molar-refractivity contribution in [1.29, 1.82) is 0 Å². The Bertz CT molecular complexity index is 511. The van der Waals surface area contributed by atoms with Gasteiger partial charge in [0.15, 0.2) is 0 Å². The lowest BCUT2D eigenvalue weighted by molar-refractivity contribution is -0.137. The van der Waals surface area contributed by atoms with Gasteiger partial charge in [0.2, 0.25) is 10.0 Å². The zero-order chi connectivity index (χ0) is 14.7. The van der Waals surface area contributed by atoms with Crippen LogP contribution in [0.3, 0.4) is 0 Å². The van der Waals surface area contributed by atoms with E-state index in [9.17, 15) is 26.7 Å². The maximum atomic E-state index is 12.3. The summed E-state index contributed by atoms with van der Waals surface area (Å²) in [6, 6.07) is 3.16. The molecule has 108 valence electrons. The Labute approximate surface area is 109 Å². The number of alkyl halides is 3. The molecule has 0 aliphatic carbocycles. The first kappa shape index (κ1) is 15.9. The highest BCUT2D eigenvalue weighted by Crippen LogP contribution is 2.29. The summed E-state index contributed by atoms with van der Waals surface area (Å²) in [6.07, 6.45) is -4.96. The van der Waals surface area contributed by atoms with E-state index in [0.29, 0.717) is 18.6 Å². The van der Waals surface area contributed by atoms with Crippen LogP contribution < -0.4 is 4.72 Å². The molecule has 0 fully saturated rings. The first-order valence-electron chi connectivity index (χ1n) is 5.52. The molecule has 0 aromatic heterocycles. The number of benzene rings is 1. The molecule has 0 bridgehead atoms. The van der Waals surface area contributed by atoms with Gasteiger partial charge in [-0.15, -0.1) is 0 Å². The van der Waals surface area contributed by atoms with Crippen molar-refractivity contribution in [3.63, 3.8) is 0 Å². The van der Waals surface area contributed by atoms with Crippen LogP contribution in [0.25, 0.3) is 0 Å². The third-order valence-electron chi connectivity index (χ3n) is 2.47. The molecule has 1 unspecified atom stereocenters. The van der Waals surface area contributed by atoms with Crippen LogP contribution in [0.2, 0.25) is 0 Å². The van der Waals surface area contributed by atoms with Crippen molar-refractivity contribution < 1.29 is 26.7 Å². The predicted octanol–water partition coefficient (Wildman–Crippen LogP) is 1.75. The van der Waals surface area contributed by atoms with Crippen LogP contribution in [0.5, 0.6) is 0 Å². The summed E-state index contributed by atoms with van der Waals surface area (Å²) in [4.78, 5) is -0.274. The molecule has 1 atom stereocenters. The van der Waals surface area contributed by atoms with E-state index in [0.717, 1.165) is 12.1 Å². The number of aliphatic hydroxyl groups is 1. The fourth-order valence-electron chi connectivity index (χ4n) is 1.26. The lowest BCUT2D eigenvalue weighted by atomic mass is 10.2. The van der Waals surface area contributed by atoms with Crippen molar-refractivity contribution in [3.8, 4) is 0 Å². The van der Waals surface area contributed by atoms with Gasteiger partial charge in [0, 0.05) is 6.54 Å². The molecule has 0 spiro atoms. The van der Waals surface area contributed by atoms with Gasteiger partial charge in [-0.3, -0.25) is 0 Å². The highest BCUT2D eigenvalue weighted by atomic mass is 32.2. The van der Waals surface area contributed by atoms with E-state index in [4.69, 9.17) is 0 Å². The van der Waals surface area contributed by atoms with Gasteiger partial charge in [-0.1, -0.05) is 6.92 Å². The Morgan fingerprint density at radius 2 is 1.79 bits per heavy atom. The summed E-state index contributed by atoms with van der Waals surface area (Å²) in [5.41, 5.74) is -0.917. The summed E-state index contributed by atoms with van der Waals surface area (Å²) in [5.74, 6) is 0. The van der Waals surface area contributed by atoms with E-state index in [-0.39, 0.29) is 11.4 Å². The average Bonchev–Trinajstić information content (AvgIpc) is 2.35. The highest BCUT2D eigenvalue weighted by Gasteiger charge is 2.30. The molecular weight excluding hydrogens is 283 g/mol. The number of aliphatic hydroxyl groups excluding tert-OH is 1. The number of sulfonamides is 1. The average molecular weight is 297 g/mol. The Morgan fingerprint density at radius 1 is 1.26 bits per heavy atom. The van der Waals surface area contributed by atoms with Gasteiger partial charge in [0.1, 0.15) is 0 Å². The van der Waals surface area contributed by atoms with E-state index < -0.39 is 27.9 Å². The van der Waals surface area contributed by atoms with Gasteiger partial charge in [-0.05, 0) is 30.7 Å². The molecule has 19 heavy (non-hydrogen) atoms. The lowest BCUT2D eigenvalue weighted by Gasteiger charge is -2.11. The van der Waals surface area contributed by atoms with Gasteiger partial charge in [0.25, 0.3) is 0 Å². The third kappa shape index (κ3) is 4.48. The molecule has 0 radical (unpaired) electrons. The zero-order valence-electron chi connectivity index (χ0n) is 10.1. The molecule has 4 nitrogen and oxygen atoms in total. The molecule has 0 saturated carbocycles. The molecule has 0 aliphatic rings. The van der Waals surface area contributed by atoms with Crippen molar-refractivity contribution in [2.24, 2.45) is 0 Å². The smallest absolute Gasteiger partial charge is 0.392 e. The topological polar surface area (TPSA) is 66.4 Å². The van der Waals surface area contributed by atoms with Gasteiger partial charge in [-0.25, -0.2) is 13.1 Å². The maximum absolute atomic E-state index is 12.3. The normalized spacial score (nSPS) is 14.4. The van der Waals surface area contributed by atoms with Crippen LogP contribution in [0.15, 0.2) is 29.2 Å². The summed E-state index contributed by atoms with van der Waals surface area (Å²) in [6.45, 7) is 1.50. The van der Waals surface area contributed by atoms with E-state index in [1.54, 1.807) is 6.92 Å². The Kier molecular flexibility index (Phi) is 4.94. The second-order valence-electron chi connectivity index (χ2n) is 3.94. The molecule has 0 saturated heterocycles. The van der Waals surface area contributed by atoms with Crippen LogP contribution in [-0.2, 0) is 16.2 Å².